The van der Waals surface area contributed by atoms with E-state index in [1.807, 2.05) is 0 Å². The molecule has 2 aromatic rings. The summed E-state index contributed by atoms with van der Waals surface area (Å²) >= 11 is 0. The van der Waals surface area contributed by atoms with E-state index < -0.39 is 5.91 Å². The van der Waals surface area contributed by atoms with Gasteiger partial charge in [0.15, 0.2) is 0 Å². The lowest BCUT2D eigenvalue weighted by Crippen LogP contribution is -2.37. The van der Waals surface area contributed by atoms with Crippen LogP contribution in [0.4, 0.5) is 0 Å². The van der Waals surface area contributed by atoms with Crippen LogP contribution in [0, 0.1) is 0 Å². The Morgan fingerprint density at radius 2 is 1.83 bits per heavy atom. The van der Waals surface area contributed by atoms with Crippen LogP contribution in [0.25, 0.3) is 0 Å². The number of benzene rings is 1. The van der Waals surface area contributed by atoms with Crippen LogP contribution in [-0.4, -0.2) is 23.3 Å². The van der Waals surface area contributed by atoms with Gasteiger partial charge in [-0.25, -0.2) is 0 Å². The minimum absolute atomic E-state index is 0.0138. The Kier molecular flexibility index (Phi) is 5.34. The monoisotopic (exact) mass is 325 g/mol. The molecule has 5 nitrogen and oxygen atoms in total. The van der Waals surface area contributed by atoms with Crippen LogP contribution in [-0.2, 0) is 11.8 Å². The summed E-state index contributed by atoms with van der Waals surface area (Å²) in [6.07, 6.45) is 2.43. The van der Waals surface area contributed by atoms with Gasteiger partial charge in [0.25, 0.3) is 11.8 Å². The second kappa shape index (κ2) is 7.25. The van der Waals surface area contributed by atoms with Gasteiger partial charge in [-0.3, -0.25) is 14.6 Å². The highest BCUT2D eigenvalue weighted by Gasteiger charge is 2.23. The molecule has 0 unspecified atom stereocenters. The molecule has 0 spiro atoms. The van der Waals surface area contributed by atoms with Crippen LogP contribution in [0.3, 0.4) is 0 Å². The topological polar surface area (TPSA) is 85.1 Å². The van der Waals surface area contributed by atoms with E-state index in [9.17, 15) is 9.59 Å². The van der Waals surface area contributed by atoms with Gasteiger partial charge in [0, 0.05) is 18.2 Å². The van der Waals surface area contributed by atoms with Crippen molar-refractivity contribution in [2.75, 3.05) is 6.54 Å². The summed E-state index contributed by atoms with van der Waals surface area (Å²) in [5, 5.41) is 2.87. The van der Waals surface area contributed by atoms with E-state index in [-0.39, 0.29) is 22.6 Å². The normalized spacial score (nSPS) is 11.1. The molecule has 2 amide bonds. The fourth-order valence-electron chi connectivity index (χ4n) is 2.48. The summed E-state index contributed by atoms with van der Waals surface area (Å²) in [6, 6.07) is 11.5. The molecule has 126 valence electrons. The quantitative estimate of drug-likeness (QED) is 0.855. The summed E-state index contributed by atoms with van der Waals surface area (Å²) < 4.78 is 0. The molecule has 3 N–H and O–H groups in total. The standard InChI is InChI=1S/C19H23N3O2/c1-4-13-7-9-14(10-8-13)19(2,3)12-22-18(24)15-6-5-11-21-16(15)17(20)23/h5-11H,4,12H2,1-3H3,(H2,20,23)(H,22,24). The van der Waals surface area contributed by atoms with Crippen molar-refractivity contribution in [3.8, 4) is 0 Å². The number of primary amides is 1. The van der Waals surface area contributed by atoms with Gasteiger partial charge in [0.2, 0.25) is 0 Å². The molecule has 5 heteroatoms. The Labute approximate surface area is 142 Å². The molecule has 0 atom stereocenters. The fourth-order valence-corrected chi connectivity index (χ4v) is 2.48. The maximum atomic E-state index is 12.4. The lowest BCUT2D eigenvalue weighted by atomic mass is 9.84. The molecular formula is C19H23N3O2. The van der Waals surface area contributed by atoms with Gasteiger partial charge in [-0.1, -0.05) is 45.0 Å². The van der Waals surface area contributed by atoms with Crippen molar-refractivity contribution in [1.82, 2.24) is 10.3 Å². The first-order valence-electron chi connectivity index (χ1n) is 7.97. The Morgan fingerprint density at radius 3 is 2.42 bits per heavy atom. The molecule has 0 bridgehead atoms. The summed E-state index contributed by atoms with van der Waals surface area (Å²) in [5.41, 5.74) is 7.63. The molecule has 2 rings (SSSR count). The Balaban J connectivity index is 2.11. The Morgan fingerprint density at radius 1 is 1.17 bits per heavy atom. The number of hydrogen-bond acceptors (Lipinski definition) is 3. The molecule has 1 aromatic heterocycles. The van der Waals surface area contributed by atoms with Crippen LogP contribution < -0.4 is 11.1 Å². The van der Waals surface area contributed by atoms with E-state index in [4.69, 9.17) is 5.73 Å². The number of aryl methyl sites for hydroxylation is 1. The van der Waals surface area contributed by atoms with Crippen LogP contribution in [0.1, 0.15) is 52.7 Å². The first kappa shape index (κ1) is 17.7. The van der Waals surface area contributed by atoms with Gasteiger partial charge < -0.3 is 11.1 Å². The largest absolute Gasteiger partial charge is 0.364 e. The number of carbonyl (C=O) groups excluding carboxylic acids is 2. The molecular weight excluding hydrogens is 302 g/mol. The summed E-state index contributed by atoms with van der Waals surface area (Å²) in [4.78, 5) is 27.7. The molecule has 0 radical (unpaired) electrons. The molecule has 1 aromatic carbocycles. The van der Waals surface area contributed by atoms with E-state index in [0.717, 1.165) is 12.0 Å². The predicted molar refractivity (Wildman–Crippen MR) is 93.9 cm³/mol. The molecule has 0 aliphatic heterocycles. The number of carbonyl (C=O) groups is 2. The lowest BCUT2D eigenvalue weighted by Gasteiger charge is -2.26. The van der Waals surface area contributed by atoms with Gasteiger partial charge in [-0.15, -0.1) is 0 Å². The van der Waals surface area contributed by atoms with Crippen LogP contribution in [0.15, 0.2) is 42.6 Å². The number of nitrogens with one attached hydrogen (secondary N) is 1. The van der Waals surface area contributed by atoms with Gasteiger partial charge in [-0.2, -0.15) is 0 Å². The zero-order chi connectivity index (χ0) is 17.7. The molecule has 0 aliphatic rings. The number of pyridine rings is 1. The van der Waals surface area contributed by atoms with E-state index in [1.165, 1.54) is 11.8 Å². The van der Waals surface area contributed by atoms with Crippen LogP contribution in [0.5, 0.6) is 0 Å². The van der Waals surface area contributed by atoms with Gasteiger partial charge >= 0.3 is 0 Å². The summed E-state index contributed by atoms with van der Waals surface area (Å²) in [7, 11) is 0. The third-order valence-electron chi connectivity index (χ3n) is 4.12. The number of nitrogens with zero attached hydrogens (tertiary/aromatic N) is 1. The highest BCUT2D eigenvalue weighted by Crippen LogP contribution is 2.23. The van der Waals surface area contributed by atoms with Crippen molar-refractivity contribution in [3.63, 3.8) is 0 Å². The maximum Gasteiger partial charge on any atom is 0.268 e. The molecule has 0 saturated carbocycles. The average molecular weight is 325 g/mol. The molecule has 0 fully saturated rings. The average Bonchev–Trinajstić information content (AvgIpc) is 2.59. The first-order chi connectivity index (χ1) is 11.3. The van der Waals surface area contributed by atoms with E-state index in [0.29, 0.717) is 6.54 Å². The van der Waals surface area contributed by atoms with Gasteiger partial charge in [0.1, 0.15) is 5.69 Å². The van der Waals surface area contributed by atoms with E-state index >= 15 is 0 Å². The Hall–Kier alpha value is -2.69. The molecule has 1 heterocycles. The third kappa shape index (κ3) is 3.98. The lowest BCUT2D eigenvalue weighted by molar-refractivity contribution is 0.0927. The van der Waals surface area contributed by atoms with Crippen molar-refractivity contribution in [2.24, 2.45) is 5.73 Å². The zero-order valence-electron chi connectivity index (χ0n) is 14.3. The smallest absolute Gasteiger partial charge is 0.268 e. The van der Waals surface area contributed by atoms with Gasteiger partial charge in [-0.05, 0) is 29.7 Å². The van der Waals surface area contributed by atoms with Crippen LogP contribution in [0.2, 0.25) is 0 Å². The minimum Gasteiger partial charge on any atom is -0.364 e. The molecule has 24 heavy (non-hydrogen) atoms. The van der Waals surface area contributed by atoms with E-state index in [2.05, 4.69) is 55.3 Å². The number of amides is 2. The van der Waals surface area contributed by atoms with Crippen molar-refractivity contribution in [3.05, 3.63) is 65.0 Å². The number of hydrogen-bond donors (Lipinski definition) is 2. The number of rotatable bonds is 6. The minimum atomic E-state index is -0.713. The third-order valence-corrected chi connectivity index (χ3v) is 4.12. The zero-order valence-corrected chi connectivity index (χ0v) is 14.3. The highest BCUT2D eigenvalue weighted by atomic mass is 16.2. The van der Waals surface area contributed by atoms with Crippen molar-refractivity contribution >= 4 is 11.8 Å². The number of nitrogens with two attached hydrogens (primary N) is 1. The number of aromatic nitrogens is 1. The Bertz CT molecular complexity index is 737. The maximum absolute atomic E-state index is 12.4. The van der Waals surface area contributed by atoms with Crippen molar-refractivity contribution in [1.29, 1.82) is 0 Å². The van der Waals surface area contributed by atoms with Gasteiger partial charge in [0.05, 0.1) is 5.56 Å². The van der Waals surface area contributed by atoms with E-state index in [1.54, 1.807) is 12.1 Å². The highest BCUT2D eigenvalue weighted by molar-refractivity contribution is 6.05. The van der Waals surface area contributed by atoms with Crippen LogP contribution >= 0.6 is 0 Å². The fraction of sp³-hybridized carbons (Fsp3) is 0.316. The molecule has 0 aliphatic carbocycles. The van der Waals surface area contributed by atoms with Crippen molar-refractivity contribution < 1.29 is 9.59 Å². The molecule has 0 saturated heterocycles. The summed E-state index contributed by atoms with van der Waals surface area (Å²) in [5.74, 6) is -1.06. The SMILES string of the molecule is CCc1ccc(C(C)(C)CNC(=O)c2cccnc2C(N)=O)cc1. The van der Waals surface area contributed by atoms with Crippen molar-refractivity contribution in [2.45, 2.75) is 32.6 Å². The second-order valence-electron chi connectivity index (χ2n) is 6.38. The summed E-state index contributed by atoms with van der Waals surface area (Å²) in [6.45, 7) is 6.67. The predicted octanol–water partition coefficient (Wildman–Crippen LogP) is 2.45. The second-order valence-corrected chi connectivity index (χ2v) is 6.38. The first-order valence-corrected chi connectivity index (χ1v) is 7.97.